The van der Waals surface area contributed by atoms with Crippen molar-refractivity contribution in [3.63, 3.8) is 0 Å². The molecule has 0 saturated heterocycles. The Labute approximate surface area is 105 Å². The molecular formula is C11H15NO5S. The second-order valence-electron chi connectivity index (χ2n) is 4.59. The van der Waals surface area contributed by atoms with Crippen molar-refractivity contribution >= 4 is 16.0 Å². The summed E-state index contributed by atoms with van der Waals surface area (Å²) in [7, 11) is -3.75. The highest BCUT2D eigenvalue weighted by atomic mass is 32.2. The first kappa shape index (κ1) is 13.1. The lowest BCUT2D eigenvalue weighted by Crippen LogP contribution is -2.28. The van der Waals surface area contributed by atoms with Crippen LogP contribution in [0, 0.1) is 11.8 Å². The maximum atomic E-state index is 11.8. The molecule has 0 aliphatic heterocycles. The van der Waals surface area contributed by atoms with Crippen LogP contribution in [0.15, 0.2) is 21.6 Å². The van der Waals surface area contributed by atoms with Gasteiger partial charge in [0.1, 0.15) is 0 Å². The molecule has 0 amide bonds. The van der Waals surface area contributed by atoms with Gasteiger partial charge < -0.3 is 9.52 Å². The monoisotopic (exact) mass is 273 g/mol. The third kappa shape index (κ3) is 2.91. The number of sulfonamides is 1. The van der Waals surface area contributed by atoms with Crippen LogP contribution >= 0.6 is 0 Å². The molecule has 0 radical (unpaired) electrons. The van der Waals surface area contributed by atoms with Gasteiger partial charge in [-0.2, -0.15) is 0 Å². The number of hydrogen-bond acceptors (Lipinski definition) is 4. The molecule has 18 heavy (non-hydrogen) atoms. The van der Waals surface area contributed by atoms with Gasteiger partial charge in [-0.25, -0.2) is 17.9 Å². The van der Waals surface area contributed by atoms with Crippen molar-refractivity contribution in [3.05, 3.63) is 17.9 Å². The van der Waals surface area contributed by atoms with Gasteiger partial charge in [-0.3, -0.25) is 0 Å². The molecule has 100 valence electrons. The van der Waals surface area contributed by atoms with E-state index in [1.807, 2.05) is 6.92 Å². The molecule has 2 N–H and O–H groups in total. The van der Waals surface area contributed by atoms with Crippen molar-refractivity contribution in [2.45, 2.75) is 24.9 Å². The van der Waals surface area contributed by atoms with Gasteiger partial charge in [0.25, 0.3) is 10.0 Å². The fourth-order valence-electron chi connectivity index (χ4n) is 1.72. The van der Waals surface area contributed by atoms with E-state index in [9.17, 15) is 13.2 Å². The van der Waals surface area contributed by atoms with E-state index >= 15 is 0 Å². The van der Waals surface area contributed by atoms with Crippen LogP contribution in [-0.2, 0) is 10.0 Å². The van der Waals surface area contributed by atoms with Crippen LogP contribution in [0.5, 0.6) is 0 Å². The molecule has 1 saturated carbocycles. The predicted octanol–water partition coefficient (Wildman–Crippen LogP) is 1.30. The second kappa shape index (κ2) is 4.74. The van der Waals surface area contributed by atoms with Crippen LogP contribution in [0.25, 0.3) is 0 Å². The normalized spacial score (nSPS) is 17.6. The molecule has 0 spiro atoms. The first-order valence-corrected chi connectivity index (χ1v) is 7.21. The molecule has 1 aliphatic carbocycles. The lowest BCUT2D eigenvalue weighted by molar-refractivity contribution is 0.0656. The minimum atomic E-state index is -3.75. The average Bonchev–Trinajstić information content (AvgIpc) is 3.02. The highest BCUT2D eigenvalue weighted by Crippen LogP contribution is 2.36. The Kier molecular flexibility index (Phi) is 3.45. The molecule has 0 aromatic carbocycles. The average molecular weight is 273 g/mol. The zero-order valence-corrected chi connectivity index (χ0v) is 10.7. The minimum Gasteiger partial charge on any atom is -0.475 e. The number of hydrogen-bond donors (Lipinski definition) is 2. The standard InChI is InChI=1S/C11H15NO5S/c1-7(8-2-3-8)6-12-18(15,16)10-5-4-9(17-10)11(13)14/h4-5,7-8,12H,2-3,6H2,1H3,(H,13,14). The lowest BCUT2D eigenvalue weighted by Gasteiger charge is -2.10. The van der Waals surface area contributed by atoms with E-state index in [1.165, 1.54) is 0 Å². The number of carbonyl (C=O) groups is 1. The molecular weight excluding hydrogens is 258 g/mol. The van der Waals surface area contributed by atoms with Gasteiger partial charge in [0, 0.05) is 6.54 Å². The van der Waals surface area contributed by atoms with E-state index in [-0.39, 0.29) is 16.8 Å². The first-order chi connectivity index (χ1) is 8.40. The summed E-state index contributed by atoms with van der Waals surface area (Å²) in [5.74, 6) is -0.791. The number of aromatic carboxylic acids is 1. The maximum Gasteiger partial charge on any atom is 0.371 e. The molecule has 7 heteroatoms. The zero-order valence-electron chi connectivity index (χ0n) is 9.92. The van der Waals surface area contributed by atoms with E-state index < -0.39 is 16.0 Å². The molecule has 1 aromatic heterocycles. The lowest BCUT2D eigenvalue weighted by atomic mass is 10.1. The first-order valence-electron chi connectivity index (χ1n) is 5.73. The Morgan fingerprint density at radius 2 is 2.22 bits per heavy atom. The molecule has 2 rings (SSSR count). The molecule has 1 heterocycles. The number of rotatable bonds is 6. The van der Waals surface area contributed by atoms with Crippen LogP contribution in [0.3, 0.4) is 0 Å². The van der Waals surface area contributed by atoms with E-state index in [0.29, 0.717) is 12.5 Å². The summed E-state index contributed by atoms with van der Waals surface area (Å²) in [6.45, 7) is 2.33. The Morgan fingerprint density at radius 3 is 2.72 bits per heavy atom. The third-order valence-electron chi connectivity index (χ3n) is 3.08. The van der Waals surface area contributed by atoms with Gasteiger partial charge in [-0.05, 0) is 36.8 Å². The largest absolute Gasteiger partial charge is 0.475 e. The topological polar surface area (TPSA) is 96.6 Å². The van der Waals surface area contributed by atoms with Gasteiger partial charge in [-0.1, -0.05) is 6.92 Å². The van der Waals surface area contributed by atoms with E-state index in [4.69, 9.17) is 9.52 Å². The summed E-state index contributed by atoms with van der Waals surface area (Å²) in [6.07, 6.45) is 2.29. The van der Waals surface area contributed by atoms with Crippen LogP contribution in [0.4, 0.5) is 0 Å². The van der Waals surface area contributed by atoms with Gasteiger partial charge in [0.15, 0.2) is 0 Å². The Balaban J connectivity index is 2.02. The summed E-state index contributed by atoms with van der Waals surface area (Å²) in [6, 6.07) is 2.27. The van der Waals surface area contributed by atoms with Crippen molar-refractivity contribution in [3.8, 4) is 0 Å². The Hall–Kier alpha value is -1.34. The fraction of sp³-hybridized carbons (Fsp3) is 0.545. The molecule has 1 atom stereocenters. The summed E-state index contributed by atoms with van der Waals surface area (Å²) >= 11 is 0. The SMILES string of the molecule is CC(CNS(=O)(=O)c1ccc(C(=O)O)o1)C1CC1. The Bertz CT molecular complexity index is 544. The molecule has 1 fully saturated rings. The third-order valence-corrected chi connectivity index (χ3v) is 4.37. The van der Waals surface area contributed by atoms with Crippen molar-refractivity contribution in [2.24, 2.45) is 11.8 Å². The van der Waals surface area contributed by atoms with E-state index in [0.717, 1.165) is 25.0 Å². The molecule has 1 aliphatic rings. The zero-order chi connectivity index (χ0) is 13.3. The molecule has 1 unspecified atom stereocenters. The van der Waals surface area contributed by atoms with Gasteiger partial charge in [0.05, 0.1) is 0 Å². The summed E-state index contributed by atoms with van der Waals surface area (Å²) in [5.41, 5.74) is 0. The highest BCUT2D eigenvalue weighted by molar-refractivity contribution is 7.89. The van der Waals surface area contributed by atoms with Crippen LogP contribution < -0.4 is 4.72 Å². The van der Waals surface area contributed by atoms with Crippen molar-refractivity contribution in [2.75, 3.05) is 6.54 Å². The maximum absolute atomic E-state index is 11.8. The number of furan rings is 1. The number of carboxylic acids is 1. The van der Waals surface area contributed by atoms with Crippen molar-refractivity contribution in [1.29, 1.82) is 0 Å². The van der Waals surface area contributed by atoms with Gasteiger partial charge in [-0.15, -0.1) is 0 Å². The highest BCUT2D eigenvalue weighted by Gasteiger charge is 2.29. The number of carboxylic acid groups (broad SMARTS) is 1. The molecule has 0 bridgehead atoms. The smallest absolute Gasteiger partial charge is 0.371 e. The Morgan fingerprint density at radius 1 is 1.56 bits per heavy atom. The van der Waals surface area contributed by atoms with Crippen molar-refractivity contribution < 1.29 is 22.7 Å². The molecule has 1 aromatic rings. The predicted molar refractivity (Wildman–Crippen MR) is 62.7 cm³/mol. The van der Waals surface area contributed by atoms with E-state index in [2.05, 4.69) is 4.72 Å². The van der Waals surface area contributed by atoms with E-state index in [1.54, 1.807) is 0 Å². The van der Waals surface area contributed by atoms with Gasteiger partial charge >= 0.3 is 5.97 Å². The fourth-order valence-corrected chi connectivity index (χ4v) is 2.79. The number of nitrogens with one attached hydrogen (secondary N) is 1. The summed E-state index contributed by atoms with van der Waals surface area (Å²) in [5, 5.41) is 8.30. The second-order valence-corrected chi connectivity index (χ2v) is 6.29. The van der Waals surface area contributed by atoms with Crippen LogP contribution in [-0.4, -0.2) is 26.0 Å². The van der Waals surface area contributed by atoms with Crippen LogP contribution in [0.2, 0.25) is 0 Å². The van der Waals surface area contributed by atoms with Gasteiger partial charge in [0.2, 0.25) is 10.9 Å². The summed E-state index contributed by atoms with van der Waals surface area (Å²) < 4.78 is 30.8. The minimum absolute atomic E-state index is 0.286. The summed E-state index contributed by atoms with van der Waals surface area (Å²) in [4.78, 5) is 10.6. The molecule has 6 nitrogen and oxygen atoms in total. The quantitative estimate of drug-likeness (QED) is 0.814. The van der Waals surface area contributed by atoms with Crippen molar-refractivity contribution in [1.82, 2.24) is 4.72 Å². The van der Waals surface area contributed by atoms with Crippen LogP contribution in [0.1, 0.15) is 30.3 Å².